The van der Waals surface area contributed by atoms with E-state index >= 15 is 0 Å². The highest BCUT2D eigenvalue weighted by molar-refractivity contribution is 5.79. The van der Waals surface area contributed by atoms with E-state index in [2.05, 4.69) is 72.8 Å². The first-order valence-electron chi connectivity index (χ1n) is 9.15. The number of aryl methyl sites for hydroxylation is 2. The molecule has 0 aliphatic carbocycles. The smallest absolute Gasteiger partial charge is 0.191 e. The Morgan fingerprint density at radius 1 is 1.15 bits per heavy atom. The zero-order valence-electron chi connectivity index (χ0n) is 16.9. The molecule has 2 aromatic rings. The Balaban J connectivity index is 2.09. The molecule has 0 saturated heterocycles. The third-order valence-electron chi connectivity index (χ3n) is 4.45. The molecule has 0 unspecified atom stereocenters. The van der Waals surface area contributed by atoms with Crippen LogP contribution in [0, 0.1) is 13.8 Å². The minimum Gasteiger partial charge on any atom is -0.357 e. The molecule has 0 atom stereocenters. The van der Waals surface area contributed by atoms with E-state index in [0.717, 1.165) is 31.3 Å². The lowest BCUT2D eigenvalue weighted by atomic mass is 10.1. The van der Waals surface area contributed by atoms with Crippen LogP contribution >= 0.6 is 0 Å². The third-order valence-corrected chi connectivity index (χ3v) is 4.45. The Kier molecular flexibility index (Phi) is 7.21. The normalized spacial score (nSPS) is 11.9. The molecule has 0 saturated carbocycles. The summed E-state index contributed by atoms with van der Waals surface area (Å²) in [6, 6.07) is 8.49. The lowest BCUT2D eigenvalue weighted by Crippen LogP contribution is -2.37. The quantitative estimate of drug-likeness (QED) is 0.591. The topological polar surface area (TPSA) is 57.5 Å². The summed E-state index contributed by atoms with van der Waals surface area (Å²) in [6.07, 6.45) is 0. The molecule has 0 bridgehead atoms. The molecule has 26 heavy (non-hydrogen) atoms. The standard InChI is InChI=1S/C20H32N6/c1-7-21-20(23-13-19-15(2)24-26(6)16(19)3)22-12-17-10-8-9-11-18(17)14-25(4)5/h8-11H,7,12-14H2,1-6H3,(H2,21,22,23). The van der Waals surface area contributed by atoms with Crippen LogP contribution in [0.2, 0.25) is 0 Å². The van der Waals surface area contributed by atoms with E-state index in [1.54, 1.807) is 0 Å². The van der Waals surface area contributed by atoms with Crippen LogP contribution in [0.5, 0.6) is 0 Å². The van der Waals surface area contributed by atoms with Crippen LogP contribution in [0.4, 0.5) is 0 Å². The Hall–Kier alpha value is -2.34. The first-order chi connectivity index (χ1) is 12.4. The molecular formula is C20H32N6. The van der Waals surface area contributed by atoms with Crippen molar-refractivity contribution in [2.24, 2.45) is 12.0 Å². The van der Waals surface area contributed by atoms with E-state index in [1.807, 2.05) is 18.7 Å². The number of benzene rings is 1. The summed E-state index contributed by atoms with van der Waals surface area (Å²) in [7, 11) is 6.15. The van der Waals surface area contributed by atoms with E-state index in [4.69, 9.17) is 4.99 Å². The van der Waals surface area contributed by atoms with Gasteiger partial charge in [0.2, 0.25) is 0 Å². The Bertz CT molecular complexity index is 745. The minimum atomic E-state index is 0.657. The summed E-state index contributed by atoms with van der Waals surface area (Å²) in [5, 5.41) is 11.2. The molecule has 0 spiro atoms. The average Bonchev–Trinajstić information content (AvgIpc) is 2.83. The highest BCUT2D eigenvalue weighted by Gasteiger charge is 2.10. The van der Waals surface area contributed by atoms with Crippen molar-refractivity contribution in [2.45, 2.75) is 40.4 Å². The summed E-state index contributed by atoms with van der Waals surface area (Å²) in [6.45, 7) is 9.35. The maximum atomic E-state index is 4.78. The maximum Gasteiger partial charge on any atom is 0.191 e. The molecule has 6 nitrogen and oxygen atoms in total. The first-order valence-corrected chi connectivity index (χ1v) is 9.15. The molecule has 0 fully saturated rings. The molecule has 1 aromatic heterocycles. The van der Waals surface area contributed by atoms with Gasteiger partial charge >= 0.3 is 0 Å². The molecule has 0 amide bonds. The van der Waals surface area contributed by atoms with Crippen molar-refractivity contribution in [3.63, 3.8) is 0 Å². The van der Waals surface area contributed by atoms with Crippen LogP contribution in [-0.4, -0.2) is 41.3 Å². The predicted molar refractivity (Wildman–Crippen MR) is 108 cm³/mol. The van der Waals surface area contributed by atoms with Crippen LogP contribution in [-0.2, 0) is 26.7 Å². The van der Waals surface area contributed by atoms with Gasteiger partial charge in [0.05, 0.1) is 12.2 Å². The lowest BCUT2D eigenvalue weighted by molar-refractivity contribution is 0.401. The summed E-state index contributed by atoms with van der Waals surface area (Å²) < 4.78 is 1.92. The van der Waals surface area contributed by atoms with Gasteiger partial charge in [-0.05, 0) is 46.0 Å². The monoisotopic (exact) mass is 356 g/mol. The third kappa shape index (κ3) is 5.33. The van der Waals surface area contributed by atoms with Crippen molar-refractivity contribution in [3.8, 4) is 0 Å². The van der Waals surface area contributed by atoms with Gasteiger partial charge in [-0.25, -0.2) is 4.99 Å². The number of rotatable bonds is 7. The van der Waals surface area contributed by atoms with E-state index in [1.165, 1.54) is 22.4 Å². The van der Waals surface area contributed by atoms with E-state index in [0.29, 0.717) is 6.54 Å². The van der Waals surface area contributed by atoms with Crippen molar-refractivity contribution >= 4 is 5.96 Å². The average molecular weight is 357 g/mol. The Morgan fingerprint density at radius 3 is 2.42 bits per heavy atom. The van der Waals surface area contributed by atoms with Crippen molar-refractivity contribution in [2.75, 3.05) is 20.6 Å². The molecule has 0 radical (unpaired) electrons. The Morgan fingerprint density at radius 2 is 1.85 bits per heavy atom. The lowest BCUT2D eigenvalue weighted by Gasteiger charge is -2.15. The fourth-order valence-corrected chi connectivity index (χ4v) is 2.96. The van der Waals surface area contributed by atoms with E-state index in [-0.39, 0.29) is 0 Å². The highest BCUT2D eigenvalue weighted by atomic mass is 15.3. The van der Waals surface area contributed by atoms with Crippen LogP contribution in [0.15, 0.2) is 29.3 Å². The fourth-order valence-electron chi connectivity index (χ4n) is 2.96. The van der Waals surface area contributed by atoms with Gasteiger partial charge in [0.15, 0.2) is 5.96 Å². The van der Waals surface area contributed by atoms with Gasteiger partial charge in [-0.15, -0.1) is 0 Å². The van der Waals surface area contributed by atoms with Gasteiger partial charge in [0.1, 0.15) is 0 Å². The molecule has 0 aliphatic rings. The number of hydrogen-bond acceptors (Lipinski definition) is 3. The SMILES string of the molecule is CCNC(=NCc1ccccc1CN(C)C)NCc1c(C)nn(C)c1C. The van der Waals surface area contributed by atoms with Crippen molar-refractivity contribution in [1.82, 2.24) is 25.3 Å². The fraction of sp³-hybridized carbons (Fsp3) is 0.500. The summed E-state index contributed by atoms with van der Waals surface area (Å²) in [4.78, 5) is 6.96. The molecule has 142 valence electrons. The van der Waals surface area contributed by atoms with Crippen LogP contribution in [0.3, 0.4) is 0 Å². The van der Waals surface area contributed by atoms with Gasteiger partial charge in [0, 0.05) is 37.9 Å². The second-order valence-electron chi connectivity index (χ2n) is 6.83. The molecule has 1 aromatic carbocycles. The van der Waals surface area contributed by atoms with Gasteiger partial charge in [0.25, 0.3) is 0 Å². The maximum absolute atomic E-state index is 4.78. The van der Waals surface area contributed by atoms with Gasteiger partial charge in [-0.3, -0.25) is 4.68 Å². The molecule has 0 aliphatic heterocycles. The molecule has 2 rings (SSSR count). The number of nitrogens with zero attached hydrogens (tertiary/aromatic N) is 4. The Labute approximate surface area is 157 Å². The molecule has 6 heteroatoms. The van der Waals surface area contributed by atoms with Crippen LogP contribution < -0.4 is 10.6 Å². The number of aromatic nitrogens is 2. The van der Waals surface area contributed by atoms with Gasteiger partial charge in [-0.2, -0.15) is 5.10 Å². The van der Waals surface area contributed by atoms with Crippen LogP contribution in [0.1, 0.15) is 35.0 Å². The zero-order valence-corrected chi connectivity index (χ0v) is 16.9. The number of nitrogens with one attached hydrogen (secondary N) is 2. The molecule has 1 heterocycles. The second-order valence-corrected chi connectivity index (χ2v) is 6.83. The van der Waals surface area contributed by atoms with Crippen molar-refractivity contribution in [1.29, 1.82) is 0 Å². The van der Waals surface area contributed by atoms with Gasteiger partial charge < -0.3 is 15.5 Å². The molecule has 2 N–H and O–H groups in total. The minimum absolute atomic E-state index is 0.657. The van der Waals surface area contributed by atoms with E-state index in [9.17, 15) is 0 Å². The van der Waals surface area contributed by atoms with Crippen molar-refractivity contribution in [3.05, 3.63) is 52.3 Å². The summed E-state index contributed by atoms with van der Waals surface area (Å²) in [5.74, 6) is 0.829. The number of guanidine groups is 1. The second kappa shape index (κ2) is 9.38. The van der Waals surface area contributed by atoms with Crippen LogP contribution in [0.25, 0.3) is 0 Å². The predicted octanol–water partition coefficient (Wildman–Crippen LogP) is 2.35. The first kappa shape index (κ1) is 20.0. The molecular weight excluding hydrogens is 324 g/mol. The largest absolute Gasteiger partial charge is 0.357 e. The number of hydrogen-bond donors (Lipinski definition) is 2. The number of aliphatic imine (C=N–C) groups is 1. The summed E-state index contributed by atoms with van der Waals surface area (Å²) in [5.41, 5.74) is 6.04. The summed E-state index contributed by atoms with van der Waals surface area (Å²) >= 11 is 0. The van der Waals surface area contributed by atoms with E-state index < -0.39 is 0 Å². The highest BCUT2D eigenvalue weighted by Crippen LogP contribution is 2.13. The zero-order chi connectivity index (χ0) is 19.1. The van der Waals surface area contributed by atoms with Crippen molar-refractivity contribution < 1.29 is 0 Å². The van der Waals surface area contributed by atoms with Gasteiger partial charge in [-0.1, -0.05) is 24.3 Å².